The maximum atomic E-state index is 6.01. The van der Waals surface area contributed by atoms with Gasteiger partial charge in [-0.25, -0.2) is 0 Å². The van der Waals surface area contributed by atoms with E-state index in [9.17, 15) is 0 Å². The summed E-state index contributed by atoms with van der Waals surface area (Å²) < 4.78 is 6.01. The fraction of sp³-hybridized carbons (Fsp3) is 0. The van der Waals surface area contributed by atoms with Crippen molar-refractivity contribution in [2.24, 2.45) is 0 Å². The number of fused-ring (bicyclic) bond motifs is 3. The van der Waals surface area contributed by atoms with Crippen LogP contribution in [0, 0.1) is 0 Å². The summed E-state index contributed by atoms with van der Waals surface area (Å²) in [6.07, 6.45) is 0. The van der Waals surface area contributed by atoms with E-state index in [1.54, 1.807) is 0 Å². The van der Waals surface area contributed by atoms with Crippen LogP contribution in [0.3, 0.4) is 0 Å². The molecule has 7 rings (SSSR count). The summed E-state index contributed by atoms with van der Waals surface area (Å²) >= 11 is 0. The third-order valence-corrected chi connectivity index (χ3v) is 12.4. The first kappa shape index (κ1) is 23.3. The highest BCUT2D eigenvalue weighted by molar-refractivity contribution is 7.19. The molecule has 6 aromatic carbocycles. The van der Waals surface area contributed by atoms with Gasteiger partial charge in [-0.1, -0.05) is 121 Å². The predicted octanol–water partition coefficient (Wildman–Crippen LogP) is 6.71. The normalized spacial score (nSPS) is 11.6. The molecule has 0 aliphatic rings. The SMILES string of the molecule is c1ccc([Si](c2ccccc2)(c2ccccc2)c2ccc(Nc3ccc4oc5ccccc5c4c3)cc2)cc1. The van der Waals surface area contributed by atoms with E-state index in [0.717, 1.165) is 33.3 Å². The van der Waals surface area contributed by atoms with Crippen molar-refractivity contribution in [1.82, 2.24) is 0 Å². The maximum absolute atomic E-state index is 6.01. The molecule has 0 aliphatic heterocycles. The highest BCUT2D eigenvalue weighted by Crippen LogP contribution is 2.31. The van der Waals surface area contributed by atoms with E-state index in [1.807, 2.05) is 18.2 Å². The number of hydrogen-bond donors (Lipinski definition) is 1. The Hall–Kier alpha value is -4.86. The third kappa shape index (κ3) is 4.04. The van der Waals surface area contributed by atoms with Crippen molar-refractivity contribution in [3.8, 4) is 0 Å². The van der Waals surface area contributed by atoms with Gasteiger partial charge in [-0.15, -0.1) is 0 Å². The summed E-state index contributed by atoms with van der Waals surface area (Å²) in [5, 5.41) is 11.4. The van der Waals surface area contributed by atoms with Crippen molar-refractivity contribution in [2.45, 2.75) is 0 Å². The molecule has 0 spiro atoms. The molecule has 0 amide bonds. The van der Waals surface area contributed by atoms with Crippen LogP contribution in [0.1, 0.15) is 0 Å². The zero-order chi connectivity index (χ0) is 26.1. The molecule has 3 heteroatoms. The van der Waals surface area contributed by atoms with Crippen LogP contribution in [-0.2, 0) is 0 Å². The van der Waals surface area contributed by atoms with Crippen LogP contribution < -0.4 is 26.1 Å². The second-order valence-electron chi connectivity index (χ2n) is 9.86. The monoisotopic (exact) mass is 517 g/mol. The van der Waals surface area contributed by atoms with Crippen LogP contribution in [0.15, 0.2) is 162 Å². The van der Waals surface area contributed by atoms with Crippen molar-refractivity contribution in [1.29, 1.82) is 0 Å². The van der Waals surface area contributed by atoms with Gasteiger partial charge in [0, 0.05) is 22.1 Å². The lowest BCUT2D eigenvalue weighted by Gasteiger charge is -2.34. The number of rotatable bonds is 6. The smallest absolute Gasteiger partial charge is 0.179 e. The number of nitrogens with one attached hydrogen (secondary N) is 1. The number of furan rings is 1. The Bertz CT molecular complexity index is 1760. The van der Waals surface area contributed by atoms with Crippen LogP contribution in [0.5, 0.6) is 0 Å². The van der Waals surface area contributed by atoms with Gasteiger partial charge >= 0.3 is 0 Å². The van der Waals surface area contributed by atoms with Gasteiger partial charge in [0.1, 0.15) is 11.2 Å². The van der Waals surface area contributed by atoms with E-state index in [2.05, 4.69) is 145 Å². The molecule has 0 aliphatic carbocycles. The summed E-state index contributed by atoms with van der Waals surface area (Å²) in [6.45, 7) is 0. The maximum Gasteiger partial charge on any atom is 0.179 e. The standard InChI is InChI=1S/C36H27NOSi/c1-4-12-29(13-5-1)39(30-14-6-2-7-15-30,31-16-8-3-9-17-31)32-23-20-27(21-24-32)37-28-22-25-36-34(26-28)33-18-10-11-19-35(33)38-36/h1-26,37H. The first-order valence-corrected chi connectivity index (χ1v) is 15.3. The van der Waals surface area contributed by atoms with Gasteiger partial charge in [-0.05, 0) is 57.1 Å². The summed E-state index contributed by atoms with van der Waals surface area (Å²) in [6, 6.07) is 56.6. The van der Waals surface area contributed by atoms with Crippen LogP contribution >= 0.6 is 0 Å². The average molecular weight is 518 g/mol. The third-order valence-electron chi connectivity index (χ3n) is 7.60. The second kappa shape index (κ2) is 9.79. The molecule has 0 unspecified atom stereocenters. The average Bonchev–Trinajstić information content (AvgIpc) is 3.38. The summed E-state index contributed by atoms with van der Waals surface area (Å²) in [4.78, 5) is 0. The number of para-hydroxylation sites is 1. The molecular weight excluding hydrogens is 490 g/mol. The fourth-order valence-corrected chi connectivity index (χ4v) is 10.6. The van der Waals surface area contributed by atoms with E-state index in [0.29, 0.717) is 0 Å². The molecule has 0 radical (unpaired) electrons. The Morgan fingerprint density at radius 3 is 1.44 bits per heavy atom. The quantitative estimate of drug-likeness (QED) is 0.196. The summed E-state index contributed by atoms with van der Waals surface area (Å²) in [5.41, 5.74) is 3.92. The lowest BCUT2D eigenvalue weighted by atomic mass is 10.1. The van der Waals surface area contributed by atoms with Gasteiger partial charge < -0.3 is 9.73 Å². The lowest BCUT2D eigenvalue weighted by molar-refractivity contribution is 0.669. The van der Waals surface area contributed by atoms with Crippen LogP contribution in [0.2, 0.25) is 0 Å². The van der Waals surface area contributed by atoms with Crippen molar-refractivity contribution >= 4 is 62.1 Å². The van der Waals surface area contributed by atoms with Crippen LogP contribution in [0.4, 0.5) is 11.4 Å². The molecule has 186 valence electrons. The zero-order valence-corrected chi connectivity index (χ0v) is 22.4. The van der Waals surface area contributed by atoms with Gasteiger partial charge in [0.05, 0.1) is 0 Å². The highest BCUT2D eigenvalue weighted by atomic mass is 28.3. The van der Waals surface area contributed by atoms with Gasteiger partial charge in [0.15, 0.2) is 8.07 Å². The Balaban J connectivity index is 1.33. The molecule has 1 N–H and O–H groups in total. The second-order valence-corrected chi connectivity index (χ2v) is 13.7. The van der Waals surface area contributed by atoms with E-state index >= 15 is 0 Å². The molecule has 2 nitrogen and oxygen atoms in total. The van der Waals surface area contributed by atoms with Gasteiger partial charge in [-0.3, -0.25) is 0 Å². The minimum absolute atomic E-state index is 0.904. The first-order valence-electron chi connectivity index (χ1n) is 13.3. The van der Waals surface area contributed by atoms with E-state index < -0.39 is 8.07 Å². The molecule has 39 heavy (non-hydrogen) atoms. The molecular formula is C36H27NOSi. The fourth-order valence-electron chi connectivity index (χ4n) is 5.84. The van der Waals surface area contributed by atoms with Crippen molar-refractivity contribution in [3.05, 3.63) is 158 Å². The topological polar surface area (TPSA) is 25.2 Å². The minimum atomic E-state index is -2.51. The van der Waals surface area contributed by atoms with Crippen molar-refractivity contribution in [2.75, 3.05) is 5.32 Å². The molecule has 0 saturated heterocycles. The zero-order valence-electron chi connectivity index (χ0n) is 21.4. The number of benzene rings is 6. The summed E-state index contributed by atoms with van der Waals surface area (Å²) in [7, 11) is -2.51. The lowest BCUT2D eigenvalue weighted by Crippen LogP contribution is -2.74. The van der Waals surface area contributed by atoms with E-state index in [-0.39, 0.29) is 0 Å². The minimum Gasteiger partial charge on any atom is -0.456 e. The Morgan fingerprint density at radius 1 is 0.385 bits per heavy atom. The van der Waals surface area contributed by atoms with Crippen molar-refractivity contribution in [3.63, 3.8) is 0 Å². The first-order chi connectivity index (χ1) is 19.3. The molecule has 1 heterocycles. The predicted molar refractivity (Wildman–Crippen MR) is 167 cm³/mol. The van der Waals surface area contributed by atoms with Gasteiger partial charge in [0.2, 0.25) is 0 Å². The highest BCUT2D eigenvalue weighted by Gasteiger charge is 2.41. The van der Waals surface area contributed by atoms with E-state index in [1.165, 1.54) is 20.7 Å². The van der Waals surface area contributed by atoms with Gasteiger partial charge in [-0.2, -0.15) is 0 Å². The van der Waals surface area contributed by atoms with E-state index in [4.69, 9.17) is 4.42 Å². The number of anilines is 2. The largest absolute Gasteiger partial charge is 0.456 e. The Kier molecular flexibility index (Phi) is 5.84. The van der Waals surface area contributed by atoms with Crippen LogP contribution in [0.25, 0.3) is 21.9 Å². The Morgan fingerprint density at radius 2 is 0.846 bits per heavy atom. The molecule has 0 atom stereocenters. The molecule has 1 aromatic heterocycles. The molecule has 0 fully saturated rings. The summed E-state index contributed by atoms with van der Waals surface area (Å²) in [5.74, 6) is 0. The van der Waals surface area contributed by atoms with Crippen molar-refractivity contribution < 1.29 is 4.42 Å². The molecule has 7 aromatic rings. The van der Waals surface area contributed by atoms with Crippen LogP contribution in [-0.4, -0.2) is 8.07 Å². The molecule has 0 bridgehead atoms. The molecule has 0 saturated carbocycles. The Labute approximate surface area is 229 Å². The number of hydrogen-bond acceptors (Lipinski definition) is 2. The van der Waals surface area contributed by atoms with Gasteiger partial charge in [0.25, 0.3) is 0 Å².